The van der Waals surface area contributed by atoms with E-state index in [0.717, 1.165) is 56.6 Å². The Kier molecular flexibility index (Phi) is 6.18. The third-order valence-electron chi connectivity index (χ3n) is 5.83. The maximum Gasteiger partial charge on any atom is 0.286 e. The third kappa shape index (κ3) is 4.80. The van der Waals surface area contributed by atoms with Gasteiger partial charge in [-0.05, 0) is 43.9 Å². The van der Waals surface area contributed by atoms with Crippen LogP contribution in [0.25, 0.3) is 0 Å². The van der Waals surface area contributed by atoms with E-state index in [1.54, 1.807) is 12.1 Å². The molecule has 1 N–H and O–H groups in total. The van der Waals surface area contributed by atoms with Crippen LogP contribution in [-0.4, -0.2) is 40.0 Å². The van der Waals surface area contributed by atoms with Crippen molar-refractivity contribution in [2.75, 3.05) is 18.4 Å². The highest BCUT2D eigenvalue weighted by molar-refractivity contribution is 7.13. The highest BCUT2D eigenvalue weighted by Gasteiger charge is 2.31. The van der Waals surface area contributed by atoms with Crippen LogP contribution in [0.2, 0.25) is 0 Å². The number of likely N-dealkylation sites (tertiary alicyclic amines) is 1. The van der Waals surface area contributed by atoms with E-state index in [9.17, 15) is 14.0 Å². The second kappa shape index (κ2) is 8.98. The fraction of sp³-hybridized carbons (Fsp3) is 0.524. The molecular weight excluding hydrogens is 391 g/mol. The van der Waals surface area contributed by atoms with Crippen molar-refractivity contribution in [1.82, 2.24) is 15.1 Å². The molecular formula is C21H25FN4O2S. The van der Waals surface area contributed by atoms with Gasteiger partial charge in [0.05, 0.1) is 0 Å². The van der Waals surface area contributed by atoms with E-state index in [1.807, 2.05) is 4.90 Å². The maximum atomic E-state index is 13.3. The summed E-state index contributed by atoms with van der Waals surface area (Å²) in [4.78, 5) is 27.1. The zero-order valence-electron chi connectivity index (χ0n) is 16.3. The average molecular weight is 417 g/mol. The highest BCUT2D eigenvalue weighted by atomic mass is 32.1. The van der Waals surface area contributed by atoms with Crippen molar-refractivity contribution in [3.8, 4) is 0 Å². The molecule has 2 aromatic rings. The lowest BCUT2D eigenvalue weighted by Crippen LogP contribution is -2.41. The molecule has 6 nitrogen and oxygen atoms in total. The molecule has 2 amide bonds. The summed E-state index contributed by atoms with van der Waals surface area (Å²) in [6, 6.07) is 5.75. The minimum absolute atomic E-state index is 0.208. The van der Waals surface area contributed by atoms with Crippen molar-refractivity contribution in [3.63, 3.8) is 0 Å². The first kappa shape index (κ1) is 19.9. The average Bonchev–Trinajstić information content (AvgIpc) is 3.24. The molecule has 8 heteroatoms. The summed E-state index contributed by atoms with van der Waals surface area (Å²) in [5.41, 5.74) is 0.390. The van der Waals surface area contributed by atoms with E-state index < -0.39 is 5.82 Å². The lowest BCUT2D eigenvalue weighted by molar-refractivity contribution is -0.137. The van der Waals surface area contributed by atoms with Crippen LogP contribution >= 0.6 is 11.3 Å². The number of piperidine rings is 1. The van der Waals surface area contributed by atoms with Gasteiger partial charge in [-0.2, -0.15) is 0 Å². The molecule has 1 aromatic carbocycles. The number of anilines is 1. The second-order valence-corrected chi connectivity index (χ2v) is 8.85. The Balaban J connectivity index is 1.32. The van der Waals surface area contributed by atoms with Crippen molar-refractivity contribution < 1.29 is 14.0 Å². The molecule has 4 rings (SSSR count). The van der Waals surface area contributed by atoms with Crippen LogP contribution in [-0.2, 0) is 4.79 Å². The largest absolute Gasteiger partial charge is 0.342 e. The Morgan fingerprint density at radius 3 is 2.55 bits per heavy atom. The molecule has 0 spiro atoms. The van der Waals surface area contributed by atoms with Gasteiger partial charge in [0.2, 0.25) is 10.9 Å². The second-order valence-electron chi connectivity index (χ2n) is 7.84. The van der Waals surface area contributed by atoms with Gasteiger partial charge in [-0.25, -0.2) is 4.39 Å². The number of nitrogens with one attached hydrogen (secondary N) is 1. The zero-order chi connectivity index (χ0) is 20.2. The number of halogens is 1. The summed E-state index contributed by atoms with van der Waals surface area (Å²) in [5, 5.41) is 12.0. The van der Waals surface area contributed by atoms with Crippen molar-refractivity contribution in [2.45, 2.75) is 50.9 Å². The highest BCUT2D eigenvalue weighted by Crippen LogP contribution is 2.32. The fourth-order valence-corrected chi connectivity index (χ4v) is 5.10. The first-order chi connectivity index (χ1) is 14.1. The van der Waals surface area contributed by atoms with Crippen LogP contribution in [0.5, 0.6) is 0 Å². The van der Waals surface area contributed by atoms with Crippen molar-refractivity contribution in [1.29, 1.82) is 0 Å². The zero-order valence-corrected chi connectivity index (χ0v) is 17.1. The Labute approximate surface area is 173 Å². The maximum absolute atomic E-state index is 13.3. The molecule has 154 valence electrons. The van der Waals surface area contributed by atoms with Crippen LogP contribution in [0.4, 0.5) is 10.1 Å². The van der Waals surface area contributed by atoms with Gasteiger partial charge < -0.3 is 10.2 Å². The number of nitrogens with zero attached hydrogens (tertiary/aromatic N) is 3. The van der Waals surface area contributed by atoms with Gasteiger partial charge in [-0.15, -0.1) is 10.2 Å². The van der Waals surface area contributed by atoms with Gasteiger partial charge >= 0.3 is 0 Å². The van der Waals surface area contributed by atoms with Crippen molar-refractivity contribution in [3.05, 3.63) is 40.1 Å². The summed E-state index contributed by atoms with van der Waals surface area (Å²) in [6.07, 6.45) is 7.32. The lowest BCUT2D eigenvalue weighted by Gasteiger charge is -2.34. The molecule has 2 fully saturated rings. The fourth-order valence-electron chi connectivity index (χ4n) is 4.20. The molecule has 0 unspecified atom stereocenters. The molecule has 2 aliphatic rings. The minimum atomic E-state index is -0.407. The SMILES string of the molecule is O=C(Nc1cccc(F)c1)c1nnc(C2CCN(C(=O)C3CCCCC3)CC2)s1. The predicted octanol–water partition coefficient (Wildman–Crippen LogP) is 4.22. The van der Waals surface area contributed by atoms with Gasteiger partial charge in [-0.3, -0.25) is 9.59 Å². The molecule has 1 saturated carbocycles. The Morgan fingerprint density at radius 2 is 1.83 bits per heavy atom. The van der Waals surface area contributed by atoms with Crippen LogP contribution in [0.1, 0.15) is 65.7 Å². The Bertz CT molecular complexity index is 873. The third-order valence-corrected chi connectivity index (χ3v) is 6.91. The number of amides is 2. The summed E-state index contributed by atoms with van der Waals surface area (Å²) in [5.74, 6) is -0.0475. The van der Waals surface area contributed by atoms with Gasteiger partial charge in [0, 0.05) is 30.6 Å². The number of benzene rings is 1. The standard InChI is InChI=1S/C21H25FN4O2S/c22-16-7-4-8-17(13-16)23-18(27)20-25-24-19(29-20)14-9-11-26(12-10-14)21(28)15-5-2-1-3-6-15/h4,7-8,13-15H,1-3,5-6,9-12H2,(H,23,27). The molecule has 0 bridgehead atoms. The number of hydrogen-bond donors (Lipinski definition) is 1. The van der Waals surface area contributed by atoms with E-state index in [1.165, 1.54) is 29.9 Å². The number of carbonyl (C=O) groups is 2. The van der Waals surface area contributed by atoms with E-state index in [4.69, 9.17) is 0 Å². The molecule has 1 aromatic heterocycles. The Hall–Kier alpha value is -2.35. The summed E-state index contributed by atoms with van der Waals surface area (Å²) in [7, 11) is 0. The molecule has 0 radical (unpaired) electrons. The smallest absolute Gasteiger partial charge is 0.286 e. The lowest BCUT2D eigenvalue weighted by atomic mass is 9.87. The number of hydrogen-bond acceptors (Lipinski definition) is 5. The molecule has 29 heavy (non-hydrogen) atoms. The van der Waals surface area contributed by atoms with Crippen LogP contribution < -0.4 is 5.32 Å². The quantitative estimate of drug-likeness (QED) is 0.810. The topological polar surface area (TPSA) is 75.2 Å². The minimum Gasteiger partial charge on any atom is -0.342 e. The van der Waals surface area contributed by atoms with Crippen molar-refractivity contribution >= 4 is 28.8 Å². The number of aromatic nitrogens is 2. The van der Waals surface area contributed by atoms with Crippen LogP contribution in [0, 0.1) is 11.7 Å². The van der Waals surface area contributed by atoms with E-state index in [-0.39, 0.29) is 22.8 Å². The van der Waals surface area contributed by atoms with Gasteiger partial charge in [0.1, 0.15) is 10.8 Å². The predicted molar refractivity (Wildman–Crippen MR) is 109 cm³/mol. The summed E-state index contributed by atoms with van der Waals surface area (Å²) < 4.78 is 13.3. The summed E-state index contributed by atoms with van der Waals surface area (Å²) >= 11 is 1.28. The monoisotopic (exact) mass is 416 g/mol. The number of carbonyl (C=O) groups excluding carboxylic acids is 2. The van der Waals surface area contributed by atoms with Gasteiger partial charge in [0.15, 0.2) is 0 Å². The molecule has 1 aliphatic carbocycles. The first-order valence-electron chi connectivity index (χ1n) is 10.3. The normalized spacial score (nSPS) is 18.6. The van der Waals surface area contributed by atoms with Crippen LogP contribution in [0.15, 0.2) is 24.3 Å². The first-order valence-corrected chi connectivity index (χ1v) is 11.1. The molecule has 0 atom stereocenters. The summed E-state index contributed by atoms with van der Waals surface area (Å²) in [6.45, 7) is 1.48. The Morgan fingerprint density at radius 1 is 1.07 bits per heavy atom. The van der Waals surface area contributed by atoms with Crippen molar-refractivity contribution in [2.24, 2.45) is 5.92 Å². The number of rotatable bonds is 4. The molecule has 1 aliphatic heterocycles. The molecule has 1 saturated heterocycles. The van der Waals surface area contributed by atoms with E-state index in [2.05, 4.69) is 15.5 Å². The van der Waals surface area contributed by atoms with E-state index >= 15 is 0 Å². The van der Waals surface area contributed by atoms with Crippen LogP contribution in [0.3, 0.4) is 0 Å². The van der Waals surface area contributed by atoms with Gasteiger partial charge in [-0.1, -0.05) is 36.7 Å². The van der Waals surface area contributed by atoms with Gasteiger partial charge in [0.25, 0.3) is 5.91 Å². The van der Waals surface area contributed by atoms with E-state index in [0.29, 0.717) is 11.6 Å². The molecule has 2 heterocycles.